The summed E-state index contributed by atoms with van der Waals surface area (Å²) in [6.07, 6.45) is 5.95. The molecule has 5 heteroatoms. The monoisotopic (exact) mass is 323 g/mol. The van der Waals surface area contributed by atoms with Crippen LogP contribution >= 0.6 is 23.2 Å². The number of nitrogens with one attached hydrogen (secondary N) is 1. The van der Waals surface area contributed by atoms with Crippen molar-refractivity contribution < 1.29 is 9.36 Å². The Labute approximate surface area is 134 Å². The Morgan fingerprint density at radius 1 is 1.14 bits per heavy atom. The summed E-state index contributed by atoms with van der Waals surface area (Å²) in [5, 5.41) is 3.60. The number of aromatic nitrogens is 1. The van der Waals surface area contributed by atoms with Gasteiger partial charge in [-0.1, -0.05) is 42.6 Å². The van der Waals surface area contributed by atoms with Gasteiger partial charge in [0.2, 0.25) is 6.54 Å². The molecule has 0 bridgehead atoms. The summed E-state index contributed by atoms with van der Waals surface area (Å²) in [6, 6.07) is 9.17. The molecule has 1 amide bonds. The van der Waals surface area contributed by atoms with E-state index >= 15 is 0 Å². The predicted octanol–water partition coefficient (Wildman–Crippen LogP) is 3.87. The van der Waals surface area contributed by atoms with Gasteiger partial charge < -0.3 is 5.32 Å². The Kier molecular flexibility index (Phi) is 5.59. The number of carbonyl (C=O) groups excluding carboxylic acids is 1. The molecule has 21 heavy (non-hydrogen) atoms. The lowest BCUT2D eigenvalue weighted by atomic mass is 10.2. The first-order valence-corrected chi connectivity index (χ1v) is 7.57. The molecule has 3 nitrogen and oxygen atoms in total. The van der Waals surface area contributed by atoms with Crippen LogP contribution < -0.4 is 9.88 Å². The number of pyridine rings is 1. The van der Waals surface area contributed by atoms with Gasteiger partial charge in [-0.15, -0.1) is 0 Å². The third kappa shape index (κ3) is 4.45. The van der Waals surface area contributed by atoms with Crippen LogP contribution in [0.2, 0.25) is 10.0 Å². The lowest BCUT2D eigenvalue weighted by Gasteiger charge is -2.07. The molecule has 0 aliphatic carbocycles. The first kappa shape index (κ1) is 15.8. The van der Waals surface area contributed by atoms with E-state index in [4.69, 9.17) is 23.2 Å². The molecule has 0 atom stereocenters. The van der Waals surface area contributed by atoms with Gasteiger partial charge in [-0.3, -0.25) is 4.79 Å². The summed E-state index contributed by atoms with van der Waals surface area (Å²) in [5.41, 5.74) is 1.72. The van der Waals surface area contributed by atoms with Crippen molar-refractivity contribution in [3.05, 3.63) is 58.3 Å². The van der Waals surface area contributed by atoms with E-state index in [-0.39, 0.29) is 12.5 Å². The molecule has 0 spiro atoms. The van der Waals surface area contributed by atoms with Gasteiger partial charge in [-0.2, -0.15) is 4.57 Å². The van der Waals surface area contributed by atoms with Crippen LogP contribution in [0.1, 0.15) is 18.9 Å². The Hall–Kier alpha value is -1.58. The van der Waals surface area contributed by atoms with Crippen molar-refractivity contribution in [3.8, 4) is 0 Å². The SMILES string of the molecule is CCCc1cc[n+](CC(=O)Nc2c(Cl)cccc2Cl)cc1. The quantitative estimate of drug-likeness (QED) is 0.832. The molecule has 0 unspecified atom stereocenters. The first-order valence-electron chi connectivity index (χ1n) is 6.82. The predicted molar refractivity (Wildman–Crippen MR) is 85.7 cm³/mol. The van der Waals surface area contributed by atoms with E-state index in [1.165, 1.54) is 5.56 Å². The highest BCUT2D eigenvalue weighted by atomic mass is 35.5. The highest BCUT2D eigenvalue weighted by molar-refractivity contribution is 6.39. The Bertz CT molecular complexity index is 606. The summed E-state index contributed by atoms with van der Waals surface area (Å²) < 4.78 is 1.82. The number of amides is 1. The Morgan fingerprint density at radius 3 is 2.33 bits per heavy atom. The highest BCUT2D eigenvalue weighted by Crippen LogP contribution is 2.29. The van der Waals surface area contributed by atoms with Crippen molar-refractivity contribution >= 4 is 34.8 Å². The second kappa shape index (κ2) is 7.43. The van der Waals surface area contributed by atoms with Crippen LogP contribution in [-0.2, 0) is 17.8 Å². The number of hydrogen-bond acceptors (Lipinski definition) is 1. The van der Waals surface area contributed by atoms with Gasteiger partial charge in [0.1, 0.15) is 0 Å². The van der Waals surface area contributed by atoms with Gasteiger partial charge in [-0.25, -0.2) is 0 Å². The van der Waals surface area contributed by atoms with Gasteiger partial charge in [0.15, 0.2) is 12.4 Å². The van der Waals surface area contributed by atoms with Crippen LogP contribution in [0.5, 0.6) is 0 Å². The summed E-state index contributed by atoms with van der Waals surface area (Å²) in [4.78, 5) is 12.0. The molecule has 1 N–H and O–H groups in total. The molecule has 0 aliphatic heterocycles. The standard InChI is InChI=1S/C16H16Cl2N2O/c1-2-4-12-7-9-20(10-8-12)11-15(21)19-16-13(17)5-3-6-14(16)18/h3,5-10H,2,4,11H2,1H3/p+1. The van der Waals surface area contributed by atoms with Crippen molar-refractivity contribution in [3.63, 3.8) is 0 Å². The molecule has 0 saturated carbocycles. The minimum atomic E-state index is -0.168. The van der Waals surface area contributed by atoms with E-state index in [1.807, 2.05) is 29.1 Å². The van der Waals surface area contributed by atoms with E-state index in [2.05, 4.69) is 12.2 Å². The van der Waals surface area contributed by atoms with Crippen molar-refractivity contribution in [1.29, 1.82) is 0 Å². The Balaban J connectivity index is 2.01. The molecule has 0 aliphatic rings. The maximum atomic E-state index is 12.0. The molecule has 0 saturated heterocycles. The van der Waals surface area contributed by atoms with Crippen molar-refractivity contribution in [2.24, 2.45) is 0 Å². The molecule has 1 heterocycles. The average Bonchev–Trinajstić information content (AvgIpc) is 2.45. The molecule has 0 radical (unpaired) electrons. The summed E-state index contributed by atoms with van der Waals surface area (Å²) in [7, 11) is 0. The zero-order valence-corrected chi connectivity index (χ0v) is 13.3. The second-order valence-electron chi connectivity index (χ2n) is 4.77. The summed E-state index contributed by atoms with van der Waals surface area (Å²) >= 11 is 12.1. The van der Waals surface area contributed by atoms with E-state index in [0.717, 1.165) is 12.8 Å². The molecular weight excluding hydrogens is 307 g/mol. The number of halogens is 2. The number of para-hydroxylation sites is 1. The maximum Gasteiger partial charge on any atom is 0.290 e. The molecule has 0 fully saturated rings. The van der Waals surface area contributed by atoms with Crippen LogP contribution in [0.15, 0.2) is 42.7 Å². The third-order valence-electron chi connectivity index (χ3n) is 3.05. The van der Waals surface area contributed by atoms with Crippen molar-refractivity contribution in [2.75, 3.05) is 5.32 Å². The first-order chi connectivity index (χ1) is 10.1. The van der Waals surface area contributed by atoms with E-state index in [9.17, 15) is 4.79 Å². The molecule has 110 valence electrons. The largest absolute Gasteiger partial charge is 0.318 e. The number of benzene rings is 1. The lowest BCUT2D eigenvalue weighted by molar-refractivity contribution is -0.684. The topological polar surface area (TPSA) is 33.0 Å². The van der Waals surface area contributed by atoms with Crippen LogP contribution in [0, 0.1) is 0 Å². The molecule has 1 aromatic heterocycles. The van der Waals surface area contributed by atoms with Crippen LogP contribution in [0.4, 0.5) is 5.69 Å². The van der Waals surface area contributed by atoms with E-state index < -0.39 is 0 Å². The van der Waals surface area contributed by atoms with Crippen LogP contribution in [0.25, 0.3) is 0 Å². The van der Waals surface area contributed by atoms with Crippen LogP contribution in [-0.4, -0.2) is 5.91 Å². The van der Waals surface area contributed by atoms with E-state index in [1.54, 1.807) is 18.2 Å². The maximum absolute atomic E-state index is 12.0. The minimum absolute atomic E-state index is 0.168. The number of anilines is 1. The van der Waals surface area contributed by atoms with E-state index in [0.29, 0.717) is 15.7 Å². The van der Waals surface area contributed by atoms with Gasteiger partial charge in [-0.05, 0) is 24.1 Å². The average molecular weight is 324 g/mol. The highest BCUT2D eigenvalue weighted by Gasteiger charge is 2.13. The number of aryl methyl sites for hydroxylation is 1. The molecule has 2 rings (SSSR count). The molecular formula is C16H17Cl2N2O+. The second-order valence-corrected chi connectivity index (χ2v) is 5.59. The van der Waals surface area contributed by atoms with Gasteiger partial charge in [0, 0.05) is 12.1 Å². The van der Waals surface area contributed by atoms with Crippen molar-refractivity contribution in [1.82, 2.24) is 0 Å². The van der Waals surface area contributed by atoms with Gasteiger partial charge >= 0.3 is 0 Å². The number of hydrogen-bond donors (Lipinski definition) is 1. The summed E-state index contributed by atoms with van der Waals surface area (Å²) in [5.74, 6) is -0.168. The van der Waals surface area contributed by atoms with Crippen LogP contribution in [0.3, 0.4) is 0 Å². The van der Waals surface area contributed by atoms with Gasteiger partial charge in [0.05, 0.1) is 15.7 Å². The lowest BCUT2D eigenvalue weighted by Crippen LogP contribution is -2.39. The summed E-state index contributed by atoms with van der Waals surface area (Å²) in [6.45, 7) is 2.36. The number of carbonyl (C=O) groups is 1. The molecule has 2 aromatic rings. The number of rotatable bonds is 5. The zero-order chi connectivity index (χ0) is 15.2. The Morgan fingerprint density at radius 2 is 1.76 bits per heavy atom. The molecule has 1 aromatic carbocycles. The zero-order valence-electron chi connectivity index (χ0n) is 11.8. The fourth-order valence-corrected chi connectivity index (χ4v) is 2.50. The minimum Gasteiger partial charge on any atom is -0.318 e. The third-order valence-corrected chi connectivity index (χ3v) is 3.68. The fourth-order valence-electron chi connectivity index (χ4n) is 2.01. The fraction of sp³-hybridized carbons (Fsp3) is 0.250. The number of nitrogens with zero attached hydrogens (tertiary/aromatic N) is 1. The van der Waals surface area contributed by atoms with Gasteiger partial charge in [0.25, 0.3) is 5.91 Å². The smallest absolute Gasteiger partial charge is 0.290 e. The normalized spacial score (nSPS) is 10.4. The van der Waals surface area contributed by atoms with Crippen molar-refractivity contribution in [2.45, 2.75) is 26.3 Å².